The standard InChI is InChI=1S/C20H16N4O3/c1-27-20(26)13-8-6-12(7-9-13)17-10-18(24-23-17)21-11-15-14-4-2-3-5-16(14)22-19(15)25/h2-11H,1H3,(H,22,25)(H2,21,23,24). The van der Waals surface area contributed by atoms with E-state index in [2.05, 4.69) is 20.8 Å². The van der Waals surface area contributed by atoms with Crippen LogP contribution in [0.4, 0.5) is 11.5 Å². The van der Waals surface area contributed by atoms with Crippen LogP contribution in [0.3, 0.4) is 0 Å². The molecule has 0 bridgehead atoms. The number of para-hydroxylation sites is 1. The molecule has 4 rings (SSSR count). The van der Waals surface area contributed by atoms with Crippen molar-refractivity contribution >= 4 is 29.0 Å². The van der Waals surface area contributed by atoms with E-state index < -0.39 is 0 Å². The van der Waals surface area contributed by atoms with Crippen molar-refractivity contribution in [1.29, 1.82) is 0 Å². The van der Waals surface area contributed by atoms with E-state index in [-0.39, 0.29) is 11.9 Å². The normalized spacial score (nSPS) is 14.0. The summed E-state index contributed by atoms with van der Waals surface area (Å²) in [5.74, 6) is 0.0415. The Balaban J connectivity index is 1.52. The summed E-state index contributed by atoms with van der Waals surface area (Å²) in [7, 11) is 1.35. The predicted molar refractivity (Wildman–Crippen MR) is 102 cm³/mol. The second-order valence-corrected chi connectivity index (χ2v) is 5.94. The third kappa shape index (κ3) is 3.18. The van der Waals surface area contributed by atoms with Crippen molar-refractivity contribution in [3.05, 3.63) is 71.9 Å². The second kappa shape index (κ2) is 6.80. The molecule has 0 saturated carbocycles. The summed E-state index contributed by atoms with van der Waals surface area (Å²) in [6.07, 6.45) is 1.64. The average Bonchev–Trinajstić information content (AvgIpc) is 3.29. The SMILES string of the molecule is COC(=O)c1ccc(-c2cc(NC=C3C(=O)Nc4ccccc43)n[nH]2)cc1. The molecule has 0 unspecified atom stereocenters. The van der Waals surface area contributed by atoms with Gasteiger partial charge in [0.2, 0.25) is 0 Å². The molecule has 1 aliphatic rings. The van der Waals surface area contributed by atoms with Crippen molar-refractivity contribution < 1.29 is 14.3 Å². The molecule has 3 aromatic rings. The van der Waals surface area contributed by atoms with Gasteiger partial charge < -0.3 is 15.4 Å². The van der Waals surface area contributed by atoms with Crippen molar-refractivity contribution in [2.24, 2.45) is 0 Å². The first kappa shape index (κ1) is 16.6. The zero-order valence-corrected chi connectivity index (χ0v) is 14.4. The Bertz CT molecular complexity index is 1050. The van der Waals surface area contributed by atoms with Crippen LogP contribution in [0.15, 0.2) is 60.8 Å². The number of carbonyl (C=O) groups excluding carboxylic acids is 2. The van der Waals surface area contributed by atoms with Crippen molar-refractivity contribution in [3.8, 4) is 11.3 Å². The Labute approximate surface area is 155 Å². The molecular formula is C20H16N4O3. The molecule has 0 saturated heterocycles. The number of rotatable bonds is 4. The van der Waals surface area contributed by atoms with Gasteiger partial charge in [0.25, 0.3) is 5.91 Å². The van der Waals surface area contributed by atoms with Crippen LogP contribution in [-0.4, -0.2) is 29.2 Å². The lowest BCUT2D eigenvalue weighted by Crippen LogP contribution is -2.05. The molecule has 1 amide bonds. The van der Waals surface area contributed by atoms with Gasteiger partial charge in [-0.3, -0.25) is 9.89 Å². The molecule has 27 heavy (non-hydrogen) atoms. The van der Waals surface area contributed by atoms with Gasteiger partial charge >= 0.3 is 5.97 Å². The Morgan fingerprint density at radius 2 is 1.93 bits per heavy atom. The highest BCUT2D eigenvalue weighted by atomic mass is 16.5. The van der Waals surface area contributed by atoms with Crippen molar-refractivity contribution in [2.45, 2.75) is 0 Å². The molecular weight excluding hydrogens is 344 g/mol. The molecule has 0 atom stereocenters. The van der Waals surface area contributed by atoms with Crippen LogP contribution in [0, 0.1) is 0 Å². The van der Waals surface area contributed by atoms with Crippen LogP contribution in [0.1, 0.15) is 15.9 Å². The summed E-state index contributed by atoms with van der Waals surface area (Å²) in [5.41, 5.74) is 4.34. The van der Waals surface area contributed by atoms with E-state index in [9.17, 15) is 9.59 Å². The van der Waals surface area contributed by atoms with Gasteiger partial charge in [-0.2, -0.15) is 5.10 Å². The fraction of sp³-hybridized carbons (Fsp3) is 0.0500. The number of carbonyl (C=O) groups is 2. The van der Waals surface area contributed by atoms with Crippen LogP contribution in [0.25, 0.3) is 16.8 Å². The first-order valence-corrected chi connectivity index (χ1v) is 8.27. The number of aromatic nitrogens is 2. The molecule has 7 heteroatoms. The Morgan fingerprint density at radius 3 is 2.70 bits per heavy atom. The zero-order chi connectivity index (χ0) is 18.8. The van der Waals surface area contributed by atoms with Crippen molar-refractivity contribution in [1.82, 2.24) is 10.2 Å². The first-order chi connectivity index (χ1) is 13.2. The fourth-order valence-corrected chi connectivity index (χ4v) is 2.88. The number of methoxy groups -OCH3 is 1. The number of anilines is 2. The summed E-state index contributed by atoms with van der Waals surface area (Å²) in [6.45, 7) is 0. The lowest BCUT2D eigenvalue weighted by molar-refractivity contribution is -0.110. The number of nitrogens with zero attached hydrogens (tertiary/aromatic N) is 1. The van der Waals surface area contributed by atoms with Gasteiger partial charge in [0.05, 0.1) is 23.9 Å². The van der Waals surface area contributed by atoms with Gasteiger partial charge in [-0.25, -0.2) is 4.79 Å². The minimum absolute atomic E-state index is 0.155. The lowest BCUT2D eigenvalue weighted by atomic mass is 10.1. The maximum absolute atomic E-state index is 12.1. The third-order valence-electron chi connectivity index (χ3n) is 4.27. The van der Waals surface area contributed by atoms with Crippen LogP contribution < -0.4 is 10.6 Å². The van der Waals surface area contributed by atoms with E-state index in [1.165, 1.54) is 7.11 Å². The average molecular weight is 360 g/mol. The highest BCUT2D eigenvalue weighted by molar-refractivity contribution is 6.31. The first-order valence-electron chi connectivity index (χ1n) is 8.27. The Hall–Kier alpha value is -3.87. The van der Waals surface area contributed by atoms with Gasteiger partial charge in [0.1, 0.15) is 0 Å². The number of fused-ring (bicyclic) bond motifs is 1. The van der Waals surface area contributed by atoms with E-state index in [1.54, 1.807) is 18.3 Å². The Morgan fingerprint density at radius 1 is 1.15 bits per heavy atom. The minimum Gasteiger partial charge on any atom is -0.465 e. The highest BCUT2D eigenvalue weighted by Gasteiger charge is 2.23. The van der Waals surface area contributed by atoms with E-state index in [0.29, 0.717) is 17.0 Å². The number of H-pyrrole nitrogens is 1. The molecule has 2 heterocycles. The molecule has 7 nitrogen and oxygen atoms in total. The largest absolute Gasteiger partial charge is 0.465 e. The maximum Gasteiger partial charge on any atom is 0.337 e. The van der Waals surface area contributed by atoms with Gasteiger partial charge in [-0.05, 0) is 23.8 Å². The number of esters is 1. The number of aromatic amines is 1. The van der Waals surface area contributed by atoms with E-state index in [0.717, 1.165) is 22.5 Å². The summed E-state index contributed by atoms with van der Waals surface area (Å²) < 4.78 is 4.69. The van der Waals surface area contributed by atoms with Crippen LogP contribution in [0.2, 0.25) is 0 Å². The van der Waals surface area contributed by atoms with Crippen LogP contribution in [0.5, 0.6) is 0 Å². The molecule has 134 valence electrons. The van der Waals surface area contributed by atoms with Crippen molar-refractivity contribution in [3.63, 3.8) is 0 Å². The summed E-state index contributed by atoms with van der Waals surface area (Å²) in [4.78, 5) is 23.6. The summed E-state index contributed by atoms with van der Waals surface area (Å²) in [6, 6.07) is 16.3. The second-order valence-electron chi connectivity index (χ2n) is 5.94. The molecule has 0 radical (unpaired) electrons. The molecule has 3 N–H and O–H groups in total. The number of hydrogen-bond donors (Lipinski definition) is 3. The van der Waals surface area contributed by atoms with Gasteiger partial charge in [0, 0.05) is 23.5 Å². The highest BCUT2D eigenvalue weighted by Crippen LogP contribution is 2.31. The molecule has 0 aliphatic carbocycles. The molecule has 1 aliphatic heterocycles. The predicted octanol–water partition coefficient (Wildman–Crippen LogP) is 3.27. The number of ether oxygens (including phenoxy) is 1. The third-order valence-corrected chi connectivity index (χ3v) is 4.27. The maximum atomic E-state index is 12.1. The zero-order valence-electron chi connectivity index (χ0n) is 14.4. The number of hydrogen-bond acceptors (Lipinski definition) is 5. The summed E-state index contributed by atoms with van der Waals surface area (Å²) >= 11 is 0. The molecule has 2 aromatic carbocycles. The van der Waals surface area contributed by atoms with Crippen LogP contribution in [-0.2, 0) is 9.53 Å². The minimum atomic E-state index is -0.379. The van der Waals surface area contributed by atoms with Gasteiger partial charge in [-0.15, -0.1) is 0 Å². The van der Waals surface area contributed by atoms with Gasteiger partial charge in [0.15, 0.2) is 5.82 Å². The monoisotopic (exact) mass is 360 g/mol. The molecule has 1 aromatic heterocycles. The molecule has 0 fully saturated rings. The lowest BCUT2D eigenvalue weighted by Gasteiger charge is -2.00. The topological polar surface area (TPSA) is 96.1 Å². The smallest absolute Gasteiger partial charge is 0.337 e. The van der Waals surface area contributed by atoms with Crippen LogP contribution >= 0.6 is 0 Å². The summed E-state index contributed by atoms with van der Waals surface area (Å²) in [5, 5.41) is 13.0. The van der Waals surface area contributed by atoms with E-state index in [1.807, 2.05) is 42.5 Å². The molecule has 0 spiro atoms. The van der Waals surface area contributed by atoms with Crippen molar-refractivity contribution in [2.75, 3.05) is 17.7 Å². The number of nitrogens with one attached hydrogen (secondary N) is 3. The van der Waals surface area contributed by atoms with E-state index in [4.69, 9.17) is 4.74 Å². The Kier molecular flexibility index (Phi) is 4.18. The quantitative estimate of drug-likeness (QED) is 0.490. The van der Waals surface area contributed by atoms with Gasteiger partial charge in [-0.1, -0.05) is 30.3 Å². The van der Waals surface area contributed by atoms with E-state index >= 15 is 0 Å². The fourth-order valence-electron chi connectivity index (χ4n) is 2.88. The number of benzene rings is 2. The number of amides is 1.